The third-order valence-electron chi connectivity index (χ3n) is 1.19. The molecule has 0 heterocycles. The van der Waals surface area contributed by atoms with Crippen LogP contribution in [-0.4, -0.2) is 26.9 Å². The monoisotopic (exact) mass is 181 g/mol. The molecule has 0 atom stereocenters. The van der Waals surface area contributed by atoms with E-state index in [1.807, 2.05) is 27.7 Å². The first kappa shape index (κ1) is 11.3. The van der Waals surface area contributed by atoms with Gasteiger partial charge in [0.1, 0.15) is 0 Å². The predicted octanol–water partition coefficient (Wildman–Crippen LogP) is 1.25. The van der Waals surface area contributed by atoms with Crippen molar-refractivity contribution in [3.63, 3.8) is 0 Å². The van der Waals surface area contributed by atoms with Crippen LogP contribution in [0, 0.1) is 0 Å². The zero-order valence-electron chi connectivity index (χ0n) is 7.35. The number of nitrogens with zero attached hydrogens (tertiary/aromatic N) is 1. The van der Waals surface area contributed by atoms with Gasteiger partial charge in [-0.05, 0) is 27.7 Å². The van der Waals surface area contributed by atoms with Gasteiger partial charge in [0.05, 0.1) is 0 Å². The summed E-state index contributed by atoms with van der Waals surface area (Å²) in [6.45, 7) is 7.72. The van der Waals surface area contributed by atoms with Gasteiger partial charge in [0.2, 0.25) is 0 Å². The minimum Gasteiger partial charge on any atom is -0.327 e. The van der Waals surface area contributed by atoms with E-state index >= 15 is 0 Å². The van der Waals surface area contributed by atoms with E-state index < -0.39 is 8.60 Å². The van der Waals surface area contributed by atoms with Crippen LogP contribution >= 0.6 is 8.60 Å². The van der Waals surface area contributed by atoms with E-state index in [1.54, 1.807) is 5.06 Å². The van der Waals surface area contributed by atoms with Crippen LogP contribution in [0.4, 0.5) is 0 Å². The molecule has 0 aliphatic carbocycles. The van der Waals surface area contributed by atoms with Crippen molar-refractivity contribution in [1.82, 2.24) is 5.06 Å². The van der Waals surface area contributed by atoms with E-state index in [0.29, 0.717) is 0 Å². The van der Waals surface area contributed by atoms with Crippen molar-refractivity contribution in [3.8, 4) is 0 Å². The summed E-state index contributed by atoms with van der Waals surface area (Å²) < 4.78 is 4.78. The van der Waals surface area contributed by atoms with Crippen molar-refractivity contribution in [2.75, 3.05) is 0 Å². The number of hydroxylamine groups is 2. The third kappa shape index (κ3) is 4.67. The van der Waals surface area contributed by atoms with Crippen LogP contribution in [0.2, 0.25) is 0 Å². The molecule has 68 valence electrons. The van der Waals surface area contributed by atoms with Crippen molar-refractivity contribution in [2.45, 2.75) is 39.8 Å². The molecule has 0 radical (unpaired) electrons. The van der Waals surface area contributed by atoms with Crippen LogP contribution in [0.3, 0.4) is 0 Å². The van der Waals surface area contributed by atoms with Gasteiger partial charge in [-0.2, -0.15) is 5.06 Å². The van der Waals surface area contributed by atoms with Crippen LogP contribution in [0.25, 0.3) is 0 Å². The van der Waals surface area contributed by atoms with Gasteiger partial charge in [0, 0.05) is 12.1 Å². The van der Waals surface area contributed by atoms with Gasteiger partial charge in [0.15, 0.2) is 0 Å². The lowest BCUT2D eigenvalue weighted by Gasteiger charge is -2.28. The van der Waals surface area contributed by atoms with E-state index in [2.05, 4.69) is 0 Å². The summed E-state index contributed by atoms with van der Waals surface area (Å²) in [5.41, 5.74) is 0. The fourth-order valence-electron chi connectivity index (χ4n) is 0.869. The van der Waals surface area contributed by atoms with Crippen LogP contribution in [0.15, 0.2) is 0 Å². The Kier molecular flexibility index (Phi) is 5.13. The molecule has 0 saturated heterocycles. The largest absolute Gasteiger partial charge is 0.345 e. The molecule has 0 aromatic rings. The van der Waals surface area contributed by atoms with Crippen molar-refractivity contribution in [3.05, 3.63) is 0 Å². The molecule has 0 bridgehead atoms. The Morgan fingerprint density at radius 3 is 1.55 bits per heavy atom. The highest BCUT2D eigenvalue weighted by Crippen LogP contribution is 2.28. The summed E-state index contributed by atoms with van der Waals surface area (Å²) in [6.07, 6.45) is 0. The van der Waals surface area contributed by atoms with Gasteiger partial charge >= 0.3 is 8.60 Å². The van der Waals surface area contributed by atoms with Gasteiger partial charge < -0.3 is 9.79 Å². The first-order chi connectivity index (χ1) is 4.95. The quantitative estimate of drug-likeness (QED) is 0.506. The molecular weight excluding hydrogens is 165 g/mol. The van der Waals surface area contributed by atoms with Gasteiger partial charge in [-0.1, -0.05) is 0 Å². The van der Waals surface area contributed by atoms with E-state index in [4.69, 9.17) is 14.4 Å². The maximum Gasteiger partial charge on any atom is 0.345 e. The predicted molar refractivity (Wildman–Crippen MR) is 44.6 cm³/mol. The zero-order valence-corrected chi connectivity index (χ0v) is 8.25. The summed E-state index contributed by atoms with van der Waals surface area (Å²) in [6, 6.07) is 0.304. The normalized spacial score (nSPS) is 12.5. The minimum absolute atomic E-state index is 0.152. The Morgan fingerprint density at radius 1 is 1.09 bits per heavy atom. The highest BCUT2D eigenvalue weighted by atomic mass is 31.2. The van der Waals surface area contributed by atoms with Crippen LogP contribution in [0.1, 0.15) is 27.7 Å². The maximum absolute atomic E-state index is 8.58. The van der Waals surface area contributed by atoms with E-state index in [9.17, 15) is 0 Å². The summed E-state index contributed by atoms with van der Waals surface area (Å²) in [5.74, 6) is 0. The Bertz CT molecular complexity index is 100. The first-order valence-electron chi connectivity index (χ1n) is 3.59. The molecule has 5 heteroatoms. The van der Waals surface area contributed by atoms with E-state index in [1.165, 1.54) is 0 Å². The molecular formula is C6H16NO3P. The fourth-order valence-corrected chi connectivity index (χ4v) is 1.41. The molecule has 0 aromatic heterocycles. The Balaban J connectivity index is 3.90. The molecule has 0 rings (SSSR count). The van der Waals surface area contributed by atoms with Crippen molar-refractivity contribution < 1.29 is 14.4 Å². The molecule has 0 amide bonds. The van der Waals surface area contributed by atoms with Gasteiger partial charge in [-0.25, -0.2) is 4.62 Å². The Hall–Kier alpha value is 0.270. The van der Waals surface area contributed by atoms with Crippen LogP contribution in [-0.2, 0) is 4.62 Å². The summed E-state index contributed by atoms with van der Waals surface area (Å²) in [7, 11) is -2.28. The lowest BCUT2D eigenvalue weighted by molar-refractivity contribution is -0.118. The second-order valence-electron chi connectivity index (χ2n) is 2.88. The number of rotatable bonds is 4. The standard InChI is InChI=1S/C6H16NO3P/c1-5(2)7(6(3)4)10-11(8)9/h5-6,8-9H,1-4H3. The third-order valence-corrected chi connectivity index (χ3v) is 1.52. The van der Waals surface area contributed by atoms with Gasteiger partial charge in [-0.3, -0.25) is 0 Å². The second-order valence-corrected chi connectivity index (χ2v) is 3.55. The van der Waals surface area contributed by atoms with E-state index in [0.717, 1.165) is 0 Å². The summed E-state index contributed by atoms with van der Waals surface area (Å²) in [4.78, 5) is 17.2. The number of hydrogen-bond donors (Lipinski definition) is 2. The van der Waals surface area contributed by atoms with Crippen LogP contribution < -0.4 is 0 Å². The lowest BCUT2D eigenvalue weighted by atomic mass is 10.3. The highest BCUT2D eigenvalue weighted by molar-refractivity contribution is 7.39. The van der Waals surface area contributed by atoms with Crippen molar-refractivity contribution in [2.24, 2.45) is 0 Å². The van der Waals surface area contributed by atoms with Crippen molar-refractivity contribution >= 4 is 8.60 Å². The smallest absolute Gasteiger partial charge is 0.327 e. The highest BCUT2D eigenvalue weighted by Gasteiger charge is 2.17. The SMILES string of the molecule is CC(C)N(OP(O)O)C(C)C. The van der Waals surface area contributed by atoms with Gasteiger partial charge in [-0.15, -0.1) is 0 Å². The zero-order chi connectivity index (χ0) is 9.02. The lowest BCUT2D eigenvalue weighted by Crippen LogP contribution is -2.35. The molecule has 11 heavy (non-hydrogen) atoms. The second kappa shape index (κ2) is 5.01. The molecule has 4 nitrogen and oxygen atoms in total. The van der Waals surface area contributed by atoms with Crippen molar-refractivity contribution in [1.29, 1.82) is 0 Å². The van der Waals surface area contributed by atoms with Gasteiger partial charge in [0.25, 0.3) is 0 Å². The Morgan fingerprint density at radius 2 is 1.45 bits per heavy atom. The molecule has 0 aromatic carbocycles. The molecule has 0 fully saturated rings. The summed E-state index contributed by atoms with van der Waals surface area (Å²) in [5, 5.41) is 1.56. The molecule has 0 saturated carbocycles. The molecule has 2 N–H and O–H groups in total. The molecule has 0 spiro atoms. The minimum atomic E-state index is -2.28. The average molecular weight is 181 g/mol. The average Bonchev–Trinajstić information content (AvgIpc) is 1.81. The Labute approximate surface area is 68.7 Å². The van der Waals surface area contributed by atoms with E-state index in [-0.39, 0.29) is 12.1 Å². The molecule has 0 unspecified atom stereocenters. The molecule has 0 aliphatic rings. The maximum atomic E-state index is 8.58. The summed E-state index contributed by atoms with van der Waals surface area (Å²) >= 11 is 0. The van der Waals surface area contributed by atoms with Crippen LogP contribution in [0.5, 0.6) is 0 Å². The topological polar surface area (TPSA) is 52.9 Å². The fraction of sp³-hybridized carbons (Fsp3) is 1.00. The first-order valence-corrected chi connectivity index (χ1v) is 4.76. The number of hydrogen-bond acceptors (Lipinski definition) is 4. The molecule has 0 aliphatic heterocycles.